The summed E-state index contributed by atoms with van der Waals surface area (Å²) in [5.41, 5.74) is 5.11. The van der Waals surface area contributed by atoms with Crippen LogP contribution in [-0.4, -0.2) is 23.0 Å². The zero-order valence-electron chi connectivity index (χ0n) is 19.0. The number of nitrogens with one attached hydrogen (secondary N) is 2. The summed E-state index contributed by atoms with van der Waals surface area (Å²) in [6.45, 7) is 8.44. The quantitative estimate of drug-likeness (QED) is 0.472. The number of carbonyl (C=O) groups is 2. The van der Waals surface area contributed by atoms with Gasteiger partial charge < -0.3 is 19.8 Å². The Morgan fingerprint density at radius 3 is 2.28 bits per heavy atom. The lowest BCUT2D eigenvalue weighted by atomic mass is 10.1. The maximum Gasteiger partial charge on any atom is 0.340 e. The average molecular weight is 435 g/mol. The van der Waals surface area contributed by atoms with Crippen molar-refractivity contribution < 1.29 is 19.1 Å². The number of hydrogen-bond donors (Lipinski definition) is 2. The summed E-state index contributed by atoms with van der Waals surface area (Å²) >= 11 is 0. The molecule has 0 unspecified atom stereocenters. The van der Waals surface area contributed by atoms with Crippen LogP contribution in [-0.2, 0) is 29.2 Å². The van der Waals surface area contributed by atoms with Gasteiger partial charge in [0.15, 0.2) is 0 Å². The number of ether oxygens (including phenoxy) is 2. The van der Waals surface area contributed by atoms with Crippen LogP contribution in [0.1, 0.15) is 62.6 Å². The van der Waals surface area contributed by atoms with Gasteiger partial charge >= 0.3 is 5.97 Å². The van der Waals surface area contributed by atoms with Crippen LogP contribution in [0.4, 0.5) is 0 Å². The van der Waals surface area contributed by atoms with Crippen molar-refractivity contribution in [3.8, 4) is 0 Å². The van der Waals surface area contributed by atoms with Gasteiger partial charge in [-0.25, -0.2) is 4.79 Å². The summed E-state index contributed by atoms with van der Waals surface area (Å²) < 4.78 is 11.2. The van der Waals surface area contributed by atoms with E-state index in [2.05, 4.69) is 10.3 Å². The number of carbonyl (C=O) groups excluding carboxylic acids is 2. The predicted octanol–water partition coefficient (Wildman–Crippen LogP) is 4.84. The highest BCUT2D eigenvalue weighted by atomic mass is 16.5. The van der Waals surface area contributed by atoms with Crippen LogP contribution in [0.2, 0.25) is 0 Å². The number of esters is 1. The van der Waals surface area contributed by atoms with Crippen LogP contribution in [0, 0.1) is 13.8 Å². The molecule has 0 bridgehead atoms. The second-order valence-electron chi connectivity index (χ2n) is 8.01. The van der Waals surface area contributed by atoms with Gasteiger partial charge in [0.25, 0.3) is 5.91 Å². The largest absolute Gasteiger partial charge is 0.459 e. The van der Waals surface area contributed by atoms with Gasteiger partial charge in [0.2, 0.25) is 0 Å². The molecule has 0 aliphatic heterocycles. The summed E-state index contributed by atoms with van der Waals surface area (Å²) in [7, 11) is 0. The summed E-state index contributed by atoms with van der Waals surface area (Å²) in [5.74, 6) is -0.694. The maximum atomic E-state index is 12.8. The van der Waals surface area contributed by atoms with E-state index in [-0.39, 0.29) is 12.0 Å². The first-order valence-corrected chi connectivity index (χ1v) is 10.7. The van der Waals surface area contributed by atoms with E-state index in [0.29, 0.717) is 42.3 Å². The Morgan fingerprint density at radius 1 is 0.938 bits per heavy atom. The van der Waals surface area contributed by atoms with E-state index >= 15 is 0 Å². The predicted molar refractivity (Wildman–Crippen MR) is 123 cm³/mol. The molecule has 6 nitrogen and oxygen atoms in total. The van der Waals surface area contributed by atoms with Crippen LogP contribution in [0.25, 0.3) is 0 Å². The monoisotopic (exact) mass is 434 g/mol. The van der Waals surface area contributed by atoms with Crippen molar-refractivity contribution in [1.82, 2.24) is 10.3 Å². The van der Waals surface area contributed by atoms with Gasteiger partial charge in [-0.15, -0.1) is 0 Å². The molecule has 6 heteroatoms. The highest BCUT2D eigenvalue weighted by Crippen LogP contribution is 2.20. The van der Waals surface area contributed by atoms with Crippen molar-refractivity contribution in [2.75, 3.05) is 0 Å². The van der Waals surface area contributed by atoms with Crippen LogP contribution in [0.15, 0.2) is 54.6 Å². The minimum Gasteiger partial charge on any atom is -0.459 e. The molecule has 1 amide bonds. The first-order valence-electron chi connectivity index (χ1n) is 10.7. The van der Waals surface area contributed by atoms with Crippen LogP contribution in [0.5, 0.6) is 0 Å². The molecule has 0 aliphatic carbocycles. The third kappa shape index (κ3) is 5.86. The lowest BCUT2D eigenvalue weighted by molar-refractivity contribution is 0.0376. The van der Waals surface area contributed by atoms with Gasteiger partial charge in [-0.1, -0.05) is 54.6 Å². The Labute approximate surface area is 189 Å². The fourth-order valence-corrected chi connectivity index (χ4v) is 3.54. The Balaban J connectivity index is 1.63. The number of hydrogen-bond acceptors (Lipinski definition) is 4. The van der Waals surface area contributed by atoms with Gasteiger partial charge in [0.05, 0.1) is 24.9 Å². The Hall–Kier alpha value is -3.38. The molecule has 0 fully saturated rings. The molecule has 0 radical (unpaired) electrons. The summed E-state index contributed by atoms with van der Waals surface area (Å²) in [6.07, 6.45) is -0.228. The Morgan fingerprint density at radius 2 is 1.59 bits per heavy atom. The molecule has 1 heterocycles. The third-order valence-corrected chi connectivity index (χ3v) is 5.14. The van der Waals surface area contributed by atoms with Crippen molar-refractivity contribution in [3.63, 3.8) is 0 Å². The molecule has 2 N–H and O–H groups in total. The molecule has 0 saturated carbocycles. The van der Waals surface area contributed by atoms with Gasteiger partial charge in [-0.05, 0) is 49.9 Å². The molecule has 168 valence electrons. The second-order valence-corrected chi connectivity index (χ2v) is 8.01. The molecule has 1 aromatic heterocycles. The van der Waals surface area contributed by atoms with E-state index in [1.54, 1.807) is 27.7 Å². The highest BCUT2D eigenvalue weighted by molar-refractivity contribution is 6.00. The van der Waals surface area contributed by atoms with Crippen molar-refractivity contribution in [2.24, 2.45) is 0 Å². The SMILES string of the molecule is Cc1[nH]c(C(=O)NCc2ccccc2COCc2ccccc2)c(C)c1C(=O)OC(C)C. The van der Waals surface area contributed by atoms with Gasteiger partial charge in [0, 0.05) is 12.2 Å². The van der Waals surface area contributed by atoms with E-state index in [1.165, 1.54) is 0 Å². The second kappa shape index (κ2) is 10.8. The van der Waals surface area contributed by atoms with E-state index in [4.69, 9.17) is 9.47 Å². The minimum atomic E-state index is -0.425. The van der Waals surface area contributed by atoms with E-state index in [9.17, 15) is 9.59 Å². The van der Waals surface area contributed by atoms with Crippen LogP contribution >= 0.6 is 0 Å². The third-order valence-electron chi connectivity index (χ3n) is 5.14. The molecule has 3 rings (SSSR count). The van der Waals surface area contributed by atoms with E-state index < -0.39 is 5.97 Å². The number of amides is 1. The zero-order valence-corrected chi connectivity index (χ0v) is 19.0. The summed E-state index contributed by atoms with van der Waals surface area (Å²) in [4.78, 5) is 28.2. The van der Waals surface area contributed by atoms with E-state index in [0.717, 1.165) is 16.7 Å². The Bertz CT molecular complexity index is 1070. The van der Waals surface area contributed by atoms with Crippen LogP contribution in [0.3, 0.4) is 0 Å². The molecule has 3 aromatic rings. The first-order chi connectivity index (χ1) is 15.4. The molecule has 32 heavy (non-hydrogen) atoms. The van der Waals surface area contributed by atoms with Crippen molar-refractivity contribution >= 4 is 11.9 Å². The lowest BCUT2D eigenvalue weighted by Crippen LogP contribution is -2.24. The van der Waals surface area contributed by atoms with Gasteiger partial charge in [-0.2, -0.15) is 0 Å². The molecular formula is C26H30N2O4. The molecule has 0 spiro atoms. The standard InChI is InChI=1S/C26H30N2O4/c1-17(2)32-26(30)23-18(3)24(28-19(23)4)25(29)27-14-21-12-8-9-13-22(21)16-31-15-20-10-6-5-7-11-20/h5-13,17,28H,14-16H2,1-4H3,(H,27,29). The number of H-pyrrole nitrogens is 1. The molecular weight excluding hydrogens is 404 g/mol. The highest BCUT2D eigenvalue weighted by Gasteiger charge is 2.23. The van der Waals surface area contributed by atoms with Crippen molar-refractivity contribution in [2.45, 2.75) is 53.6 Å². The topological polar surface area (TPSA) is 80.4 Å². The number of aromatic nitrogens is 1. The number of benzene rings is 2. The summed E-state index contributed by atoms with van der Waals surface area (Å²) in [5, 5.41) is 2.95. The lowest BCUT2D eigenvalue weighted by Gasteiger charge is -2.12. The fourth-order valence-electron chi connectivity index (χ4n) is 3.54. The summed E-state index contributed by atoms with van der Waals surface area (Å²) in [6, 6.07) is 17.9. The van der Waals surface area contributed by atoms with Gasteiger partial charge in [-0.3, -0.25) is 4.79 Å². The average Bonchev–Trinajstić information content (AvgIpc) is 3.07. The smallest absolute Gasteiger partial charge is 0.340 e. The van der Waals surface area contributed by atoms with E-state index in [1.807, 2.05) is 54.6 Å². The minimum absolute atomic E-state index is 0.228. The first kappa shape index (κ1) is 23.3. The molecule has 0 atom stereocenters. The molecule has 2 aromatic carbocycles. The number of aryl methyl sites for hydroxylation is 1. The molecule has 0 aliphatic rings. The van der Waals surface area contributed by atoms with Crippen molar-refractivity contribution in [3.05, 3.63) is 93.8 Å². The van der Waals surface area contributed by atoms with Crippen LogP contribution < -0.4 is 5.32 Å². The Kier molecular flexibility index (Phi) is 7.84. The molecule has 0 saturated heterocycles. The van der Waals surface area contributed by atoms with Crippen molar-refractivity contribution in [1.29, 1.82) is 0 Å². The number of rotatable bonds is 9. The normalized spacial score (nSPS) is 10.9. The van der Waals surface area contributed by atoms with Gasteiger partial charge in [0.1, 0.15) is 5.69 Å². The zero-order chi connectivity index (χ0) is 23.1. The fraction of sp³-hybridized carbons (Fsp3) is 0.308. The number of aromatic amines is 1. The maximum absolute atomic E-state index is 12.8.